The maximum Gasteiger partial charge on any atom is 0.317 e. The highest BCUT2D eigenvalue weighted by Crippen LogP contribution is 2.31. The number of carbonyl (C=O) groups is 2. The first-order valence-electron chi connectivity index (χ1n) is 10.2. The van der Waals surface area contributed by atoms with E-state index < -0.39 is 0 Å². The fourth-order valence-corrected chi connectivity index (χ4v) is 4.05. The number of piperidine rings is 1. The van der Waals surface area contributed by atoms with Gasteiger partial charge in [0, 0.05) is 25.3 Å². The SMILES string of the molecule is CC(C)CNC(=O)N1CCCC(C(=O)NC2CCCc3cc(N)ccc32)C1. The van der Waals surface area contributed by atoms with E-state index in [0.29, 0.717) is 19.0 Å². The molecule has 0 spiro atoms. The molecule has 0 bridgehead atoms. The van der Waals surface area contributed by atoms with E-state index in [0.717, 1.165) is 44.3 Å². The molecule has 4 N–H and O–H groups in total. The number of hydrogen-bond donors (Lipinski definition) is 3. The molecule has 3 rings (SSSR count). The zero-order valence-electron chi connectivity index (χ0n) is 16.5. The number of nitrogen functional groups attached to an aromatic ring is 1. The number of nitrogens with zero attached hydrogens (tertiary/aromatic N) is 1. The average Bonchev–Trinajstić information content (AvgIpc) is 2.66. The molecule has 3 amide bonds. The molecular formula is C21H32N4O2. The molecule has 1 heterocycles. The van der Waals surface area contributed by atoms with Crippen molar-refractivity contribution in [3.63, 3.8) is 0 Å². The van der Waals surface area contributed by atoms with Gasteiger partial charge in [-0.2, -0.15) is 0 Å². The lowest BCUT2D eigenvalue weighted by atomic mass is 9.86. The topological polar surface area (TPSA) is 87.5 Å². The van der Waals surface area contributed by atoms with E-state index >= 15 is 0 Å². The van der Waals surface area contributed by atoms with Gasteiger partial charge in [-0.15, -0.1) is 0 Å². The number of carbonyl (C=O) groups excluding carboxylic acids is 2. The quantitative estimate of drug-likeness (QED) is 0.710. The molecule has 0 saturated carbocycles. The van der Waals surface area contributed by atoms with Crippen molar-refractivity contribution in [2.24, 2.45) is 11.8 Å². The van der Waals surface area contributed by atoms with Crippen LogP contribution in [0.25, 0.3) is 0 Å². The highest BCUT2D eigenvalue weighted by Gasteiger charge is 2.30. The third kappa shape index (κ3) is 4.93. The summed E-state index contributed by atoms with van der Waals surface area (Å²) < 4.78 is 0. The fraction of sp³-hybridized carbons (Fsp3) is 0.619. The number of nitrogens with one attached hydrogen (secondary N) is 2. The number of urea groups is 1. The zero-order chi connectivity index (χ0) is 19.4. The van der Waals surface area contributed by atoms with Gasteiger partial charge in [0.2, 0.25) is 5.91 Å². The zero-order valence-corrected chi connectivity index (χ0v) is 16.5. The number of aryl methyl sites for hydroxylation is 1. The maximum absolute atomic E-state index is 12.9. The molecule has 2 atom stereocenters. The summed E-state index contributed by atoms with van der Waals surface area (Å²) in [7, 11) is 0. The van der Waals surface area contributed by atoms with E-state index in [-0.39, 0.29) is 23.9 Å². The summed E-state index contributed by atoms with van der Waals surface area (Å²) in [6.45, 7) is 6.02. The van der Waals surface area contributed by atoms with Gasteiger partial charge in [0.1, 0.15) is 0 Å². The van der Waals surface area contributed by atoms with Crippen molar-refractivity contribution in [2.45, 2.75) is 52.0 Å². The monoisotopic (exact) mass is 372 g/mol. The van der Waals surface area contributed by atoms with Gasteiger partial charge in [-0.3, -0.25) is 4.79 Å². The Morgan fingerprint density at radius 2 is 2.07 bits per heavy atom. The second-order valence-electron chi connectivity index (χ2n) is 8.28. The van der Waals surface area contributed by atoms with Crippen molar-refractivity contribution in [1.29, 1.82) is 0 Å². The Bertz CT molecular complexity index is 689. The normalized spacial score (nSPS) is 22.3. The summed E-state index contributed by atoms with van der Waals surface area (Å²) in [6.07, 6.45) is 4.72. The molecule has 1 aliphatic heterocycles. The van der Waals surface area contributed by atoms with Gasteiger partial charge in [-0.25, -0.2) is 4.79 Å². The largest absolute Gasteiger partial charge is 0.399 e. The number of anilines is 1. The molecule has 0 aromatic heterocycles. The van der Waals surface area contributed by atoms with Crippen LogP contribution in [0.1, 0.15) is 56.7 Å². The Morgan fingerprint density at radius 1 is 1.26 bits per heavy atom. The molecule has 148 valence electrons. The van der Waals surface area contributed by atoms with Crippen LogP contribution in [0.15, 0.2) is 18.2 Å². The van der Waals surface area contributed by atoms with Gasteiger partial charge in [-0.1, -0.05) is 19.9 Å². The van der Waals surface area contributed by atoms with Crippen LogP contribution in [0.3, 0.4) is 0 Å². The second-order valence-corrected chi connectivity index (χ2v) is 8.28. The summed E-state index contributed by atoms with van der Waals surface area (Å²) in [6, 6.07) is 5.97. The molecule has 1 aromatic rings. The Kier molecular flexibility index (Phi) is 6.24. The maximum atomic E-state index is 12.9. The molecule has 1 aliphatic carbocycles. The number of hydrogen-bond acceptors (Lipinski definition) is 3. The lowest BCUT2D eigenvalue weighted by Crippen LogP contribution is -2.49. The van der Waals surface area contributed by atoms with Crippen LogP contribution in [-0.4, -0.2) is 36.5 Å². The van der Waals surface area contributed by atoms with Crippen molar-refractivity contribution in [3.8, 4) is 0 Å². The predicted octanol–water partition coefficient (Wildman–Crippen LogP) is 2.84. The summed E-state index contributed by atoms with van der Waals surface area (Å²) in [5.74, 6) is 0.340. The molecule has 1 aromatic carbocycles. The first kappa shape index (κ1) is 19.5. The number of likely N-dealkylation sites (tertiary alicyclic amines) is 1. The Hall–Kier alpha value is -2.24. The van der Waals surface area contributed by atoms with Crippen molar-refractivity contribution in [1.82, 2.24) is 15.5 Å². The van der Waals surface area contributed by atoms with Crippen molar-refractivity contribution < 1.29 is 9.59 Å². The predicted molar refractivity (Wildman–Crippen MR) is 107 cm³/mol. The summed E-state index contributed by atoms with van der Waals surface area (Å²) in [5.41, 5.74) is 9.10. The van der Waals surface area contributed by atoms with Crippen LogP contribution in [-0.2, 0) is 11.2 Å². The molecule has 1 fully saturated rings. The van der Waals surface area contributed by atoms with Crippen LogP contribution in [0.4, 0.5) is 10.5 Å². The van der Waals surface area contributed by atoms with E-state index in [1.807, 2.05) is 18.2 Å². The summed E-state index contributed by atoms with van der Waals surface area (Å²) in [5, 5.41) is 6.19. The van der Waals surface area contributed by atoms with Gasteiger partial charge in [0.15, 0.2) is 0 Å². The van der Waals surface area contributed by atoms with Crippen LogP contribution in [0, 0.1) is 11.8 Å². The molecular weight excluding hydrogens is 340 g/mol. The van der Waals surface area contributed by atoms with E-state index in [2.05, 4.69) is 24.5 Å². The highest BCUT2D eigenvalue weighted by molar-refractivity contribution is 5.81. The van der Waals surface area contributed by atoms with Gasteiger partial charge in [0.05, 0.1) is 12.0 Å². The molecule has 2 aliphatic rings. The van der Waals surface area contributed by atoms with Gasteiger partial charge in [-0.05, 0) is 61.3 Å². The van der Waals surface area contributed by atoms with E-state index in [1.165, 1.54) is 11.1 Å². The molecule has 27 heavy (non-hydrogen) atoms. The van der Waals surface area contributed by atoms with Crippen LogP contribution in [0.5, 0.6) is 0 Å². The smallest absolute Gasteiger partial charge is 0.317 e. The van der Waals surface area contributed by atoms with E-state index in [1.54, 1.807) is 4.90 Å². The minimum atomic E-state index is -0.136. The lowest BCUT2D eigenvalue weighted by Gasteiger charge is -2.34. The average molecular weight is 373 g/mol. The molecule has 2 unspecified atom stereocenters. The number of nitrogens with two attached hydrogens (primary N) is 1. The molecule has 6 nitrogen and oxygen atoms in total. The first-order chi connectivity index (χ1) is 12.9. The van der Waals surface area contributed by atoms with Crippen molar-refractivity contribution in [3.05, 3.63) is 29.3 Å². The third-order valence-electron chi connectivity index (χ3n) is 5.54. The van der Waals surface area contributed by atoms with Crippen molar-refractivity contribution in [2.75, 3.05) is 25.4 Å². The fourth-order valence-electron chi connectivity index (χ4n) is 4.05. The molecule has 1 saturated heterocycles. The minimum absolute atomic E-state index is 0.0481. The number of benzene rings is 1. The highest BCUT2D eigenvalue weighted by atomic mass is 16.2. The number of rotatable bonds is 4. The minimum Gasteiger partial charge on any atom is -0.399 e. The van der Waals surface area contributed by atoms with E-state index in [4.69, 9.17) is 5.73 Å². The Balaban J connectivity index is 1.59. The van der Waals surface area contributed by atoms with Crippen LogP contribution >= 0.6 is 0 Å². The number of amides is 3. The first-order valence-corrected chi connectivity index (χ1v) is 10.2. The van der Waals surface area contributed by atoms with Crippen LogP contribution in [0.2, 0.25) is 0 Å². The molecule has 0 radical (unpaired) electrons. The Morgan fingerprint density at radius 3 is 2.85 bits per heavy atom. The summed E-state index contributed by atoms with van der Waals surface area (Å²) in [4.78, 5) is 27.0. The summed E-state index contributed by atoms with van der Waals surface area (Å²) >= 11 is 0. The second kappa shape index (κ2) is 8.63. The van der Waals surface area contributed by atoms with Gasteiger partial charge < -0.3 is 21.3 Å². The van der Waals surface area contributed by atoms with Gasteiger partial charge in [0.25, 0.3) is 0 Å². The Labute approximate surface area is 161 Å². The van der Waals surface area contributed by atoms with Crippen molar-refractivity contribution >= 4 is 17.6 Å². The van der Waals surface area contributed by atoms with Crippen LogP contribution < -0.4 is 16.4 Å². The number of fused-ring (bicyclic) bond motifs is 1. The molecule has 6 heteroatoms. The van der Waals surface area contributed by atoms with E-state index in [9.17, 15) is 9.59 Å². The lowest BCUT2D eigenvalue weighted by molar-refractivity contribution is -0.127. The standard InChI is InChI=1S/C21H32N4O2/c1-14(2)12-23-21(27)25-10-4-6-16(13-25)20(26)24-19-7-3-5-15-11-17(22)8-9-18(15)19/h8-9,11,14,16,19H,3-7,10,12-13,22H2,1-2H3,(H,23,27)(H,24,26). The third-order valence-corrected chi connectivity index (χ3v) is 5.54. The van der Waals surface area contributed by atoms with Gasteiger partial charge >= 0.3 is 6.03 Å².